The number of benzene rings is 6. The molecule has 16 heteroatoms. The normalized spacial score (nSPS) is 14.1. The first-order valence-corrected chi connectivity index (χ1v) is 27.8. The number of hydrogen-bond acceptors (Lipinski definition) is 11. The molecule has 9 rings (SSSR count). The van der Waals surface area contributed by atoms with Gasteiger partial charge in [-0.1, -0.05) is 48.5 Å². The monoisotopic (exact) mass is 1130 g/mol. The lowest BCUT2D eigenvalue weighted by molar-refractivity contribution is 0.109. The van der Waals surface area contributed by atoms with Gasteiger partial charge in [-0.25, -0.2) is 22.8 Å². The molecule has 3 aliphatic heterocycles. The third kappa shape index (κ3) is 15.6. The highest BCUT2D eigenvalue weighted by Gasteiger charge is 2.35. The Bertz CT molecular complexity index is 3200. The van der Waals surface area contributed by atoms with Gasteiger partial charge in [0.1, 0.15) is 17.5 Å². The summed E-state index contributed by atoms with van der Waals surface area (Å²) in [5.41, 5.74) is 9.25. The van der Waals surface area contributed by atoms with E-state index in [2.05, 4.69) is 56.2 Å². The van der Waals surface area contributed by atoms with Crippen LogP contribution in [0.5, 0.6) is 34.5 Å². The Balaban J connectivity index is 0.000000178. The molecule has 440 valence electrons. The Hall–Kier alpha value is -7.27. The van der Waals surface area contributed by atoms with Crippen LogP contribution in [0, 0.1) is 17.5 Å². The van der Waals surface area contributed by atoms with E-state index in [0.29, 0.717) is 41.8 Å². The molecule has 3 heterocycles. The Kier molecular flexibility index (Phi) is 20.3. The molecule has 0 atom stereocenters. The molecule has 82 heavy (non-hydrogen) atoms. The highest BCUT2D eigenvalue weighted by molar-refractivity contribution is 5.71. The van der Waals surface area contributed by atoms with Crippen LogP contribution < -0.4 is 23.7 Å². The number of aromatic hydroxyl groups is 1. The fraction of sp³-hybridized carbons (Fsp3) is 0.424. The van der Waals surface area contributed by atoms with Crippen LogP contribution in [0.15, 0.2) is 109 Å². The van der Waals surface area contributed by atoms with Crippen molar-refractivity contribution in [3.63, 3.8) is 0 Å². The molecule has 3 aliphatic rings. The summed E-state index contributed by atoms with van der Waals surface area (Å²) in [7, 11) is 11.2. The Morgan fingerprint density at radius 3 is 1.24 bits per heavy atom. The molecule has 0 saturated carbocycles. The van der Waals surface area contributed by atoms with E-state index in [9.17, 15) is 27.9 Å². The first-order chi connectivity index (χ1) is 38.8. The summed E-state index contributed by atoms with van der Waals surface area (Å²) in [6, 6.07) is 32.5. The maximum atomic E-state index is 14.1. The van der Waals surface area contributed by atoms with Crippen molar-refractivity contribution in [3.05, 3.63) is 177 Å². The number of hydrogen-bond donors (Lipinski definition) is 1. The minimum atomic E-state index is -0.446. The highest BCUT2D eigenvalue weighted by atomic mass is 19.1. The minimum Gasteiger partial charge on any atom is -0.504 e. The van der Waals surface area contributed by atoms with Crippen LogP contribution in [-0.2, 0) is 58.5 Å². The second kappa shape index (κ2) is 26.8. The van der Waals surface area contributed by atoms with E-state index in [1.54, 1.807) is 85.9 Å². The van der Waals surface area contributed by atoms with Gasteiger partial charge in [-0.05, 0) is 180 Å². The van der Waals surface area contributed by atoms with E-state index >= 15 is 0 Å². The molecule has 1 N–H and O–H groups in total. The summed E-state index contributed by atoms with van der Waals surface area (Å²) in [6.45, 7) is 17.7. The standard InChI is InChI=1S/2C23H29FN2O3.C20H24FNO2/c1-23(2,26-14-17-7-8-19(24)13-18(17)15-26)11-10-16-6-9-20(21(12-16)28-5)29-22(27)25(3)4;1-23(2,26-14-17-7-6-8-19(24)18(17)15-26)12-11-16-9-10-20(21(13-16)28-5)29-22(27)25(3)4;1-20(2,10-9-14-7-8-18(23)19(11-14)24-3)22-12-15-5-4-6-17(21)16(15)13-22/h6-9,12-13H,10-11,14-15H2,1-5H3;6-10,13H,11-12,14-15H2,1-5H3;4-8,11,23H,9-10,12-13H2,1-3H3. The number of carbonyl (C=O) groups is 2. The largest absolute Gasteiger partial charge is 0.504 e. The van der Waals surface area contributed by atoms with Gasteiger partial charge in [-0.2, -0.15) is 0 Å². The second-order valence-corrected chi connectivity index (χ2v) is 23.7. The predicted molar refractivity (Wildman–Crippen MR) is 314 cm³/mol. The van der Waals surface area contributed by atoms with Gasteiger partial charge in [0.05, 0.1) is 21.3 Å². The number of carbonyl (C=O) groups excluding carboxylic acids is 2. The summed E-state index contributed by atoms with van der Waals surface area (Å²) in [6.07, 6.45) is 4.45. The van der Waals surface area contributed by atoms with Gasteiger partial charge in [0.25, 0.3) is 0 Å². The molecule has 6 aromatic rings. The molecule has 0 unspecified atom stereocenters. The van der Waals surface area contributed by atoms with Crippen LogP contribution in [0.1, 0.15) is 111 Å². The van der Waals surface area contributed by atoms with Gasteiger partial charge in [0, 0.05) is 95.2 Å². The summed E-state index contributed by atoms with van der Waals surface area (Å²) < 4.78 is 68.2. The maximum absolute atomic E-state index is 14.1. The molecule has 13 nitrogen and oxygen atoms in total. The number of rotatable bonds is 17. The van der Waals surface area contributed by atoms with E-state index in [4.69, 9.17) is 23.7 Å². The van der Waals surface area contributed by atoms with E-state index < -0.39 is 12.2 Å². The molecule has 0 bridgehead atoms. The first kappa shape index (κ1) is 62.3. The molecule has 0 aliphatic carbocycles. The molecular weight excluding hydrogens is 1050 g/mol. The van der Waals surface area contributed by atoms with E-state index in [1.807, 2.05) is 54.6 Å². The summed E-state index contributed by atoms with van der Waals surface area (Å²) in [5, 5.41) is 9.69. The van der Waals surface area contributed by atoms with Crippen molar-refractivity contribution in [3.8, 4) is 34.5 Å². The molecule has 0 fully saturated rings. The first-order valence-electron chi connectivity index (χ1n) is 27.8. The quantitative estimate of drug-likeness (QED) is 0.0941. The number of halogens is 3. The van der Waals surface area contributed by atoms with Gasteiger partial charge in [0.2, 0.25) is 0 Å². The Morgan fingerprint density at radius 1 is 0.463 bits per heavy atom. The van der Waals surface area contributed by atoms with Crippen molar-refractivity contribution in [1.29, 1.82) is 0 Å². The predicted octanol–water partition coefficient (Wildman–Crippen LogP) is 13.5. The SMILES string of the molecule is COc1cc(CCC(C)(C)N2Cc3ccc(F)cc3C2)ccc1OC(=O)N(C)C.COc1cc(CCC(C)(C)N2Cc3cccc(F)c3C2)ccc1O.COc1cc(CCC(C)(C)N2Cc3cccc(F)c3C2)ccc1OC(=O)N(C)C. The van der Waals surface area contributed by atoms with Crippen molar-refractivity contribution in [1.82, 2.24) is 24.5 Å². The van der Waals surface area contributed by atoms with Crippen LogP contribution in [-0.4, -0.2) is 108 Å². The van der Waals surface area contributed by atoms with Gasteiger partial charge >= 0.3 is 12.2 Å². The average molecular weight is 1130 g/mol. The van der Waals surface area contributed by atoms with Crippen LogP contribution >= 0.6 is 0 Å². The third-order valence-corrected chi connectivity index (χ3v) is 16.2. The fourth-order valence-corrected chi connectivity index (χ4v) is 10.4. The van der Waals surface area contributed by atoms with Crippen molar-refractivity contribution in [2.75, 3.05) is 49.5 Å². The lowest BCUT2D eigenvalue weighted by Crippen LogP contribution is -2.40. The lowest BCUT2D eigenvalue weighted by Gasteiger charge is -2.35. The fourth-order valence-electron chi connectivity index (χ4n) is 10.4. The molecule has 0 aromatic heterocycles. The summed E-state index contributed by atoms with van der Waals surface area (Å²) in [5.74, 6) is 2.15. The van der Waals surface area contributed by atoms with Crippen molar-refractivity contribution >= 4 is 12.2 Å². The molecule has 0 spiro atoms. The summed E-state index contributed by atoms with van der Waals surface area (Å²) >= 11 is 0. The van der Waals surface area contributed by atoms with Crippen LogP contribution in [0.25, 0.3) is 0 Å². The van der Waals surface area contributed by atoms with Crippen LogP contribution in [0.2, 0.25) is 0 Å². The molecule has 2 amide bonds. The lowest BCUT2D eigenvalue weighted by atomic mass is 9.93. The van der Waals surface area contributed by atoms with Crippen molar-refractivity contribution in [2.24, 2.45) is 0 Å². The Labute approximate surface area is 483 Å². The van der Waals surface area contributed by atoms with Crippen molar-refractivity contribution in [2.45, 2.75) is 136 Å². The molecule has 0 radical (unpaired) electrons. The van der Waals surface area contributed by atoms with Crippen LogP contribution in [0.3, 0.4) is 0 Å². The minimum absolute atomic E-state index is 0.0429. The number of methoxy groups -OCH3 is 3. The number of phenols is 1. The second-order valence-electron chi connectivity index (χ2n) is 23.7. The van der Waals surface area contributed by atoms with Crippen LogP contribution in [0.4, 0.5) is 22.8 Å². The number of fused-ring (bicyclic) bond motifs is 3. The number of phenolic OH excluding ortho intramolecular Hbond substituents is 1. The highest BCUT2D eigenvalue weighted by Crippen LogP contribution is 2.38. The van der Waals surface area contributed by atoms with Gasteiger partial charge < -0.3 is 38.6 Å². The summed E-state index contributed by atoms with van der Waals surface area (Å²) in [4.78, 5) is 33.4. The maximum Gasteiger partial charge on any atom is 0.414 e. The van der Waals surface area contributed by atoms with Gasteiger partial charge in [-0.3, -0.25) is 14.7 Å². The number of ether oxygens (including phenoxy) is 5. The molecular formula is C66H82F3N5O8. The average Bonchev–Trinajstić information content (AvgIpc) is 4.25. The molecule has 0 saturated heterocycles. The van der Waals surface area contributed by atoms with E-state index in [1.165, 1.54) is 33.6 Å². The number of nitrogens with zero attached hydrogens (tertiary/aromatic N) is 5. The molecule has 6 aromatic carbocycles. The van der Waals surface area contributed by atoms with E-state index in [-0.39, 0.29) is 39.8 Å². The van der Waals surface area contributed by atoms with Crippen molar-refractivity contribution < 1.29 is 51.6 Å². The zero-order valence-electron chi connectivity index (χ0n) is 50.1. The van der Waals surface area contributed by atoms with Gasteiger partial charge in [0.15, 0.2) is 34.5 Å². The smallest absolute Gasteiger partial charge is 0.414 e. The topological polar surface area (TPSA) is 117 Å². The zero-order valence-corrected chi connectivity index (χ0v) is 50.1. The van der Waals surface area contributed by atoms with Gasteiger partial charge in [-0.15, -0.1) is 0 Å². The zero-order chi connectivity index (χ0) is 59.7. The Morgan fingerprint density at radius 2 is 0.841 bits per heavy atom. The number of amides is 2. The number of aryl methyl sites for hydroxylation is 3. The third-order valence-electron chi connectivity index (χ3n) is 16.2. The van der Waals surface area contributed by atoms with E-state index in [0.717, 1.165) is 109 Å².